The first kappa shape index (κ1) is 13.7. The maximum absolute atomic E-state index is 3.55. The van der Waals surface area contributed by atoms with E-state index in [9.17, 15) is 0 Å². The van der Waals surface area contributed by atoms with Crippen LogP contribution in [-0.2, 0) is 19.5 Å². The quantitative estimate of drug-likeness (QED) is 0.889. The summed E-state index contributed by atoms with van der Waals surface area (Å²) in [4.78, 5) is 3.99. The molecule has 0 radical (unpaired) electrons. The number of thiophene rings is 1. The topological polar surface area (TPSA) is 15.3 Å². The Morgan fingerprint density at radius 3 is 2.85 bits per heavy atom. The van der Waals surface area contributed by atoms with Crippen molar-refractivity contribution in [2.45, 2.75) is 39.4 Å². The molecule has 20 heavy (non-hydrogen) atoms. The van der Waals surface area contributed by atoms with Crippen molar-refractivity contribution >= 4 is 17.0 Å². The van der Waals surface area contributed by atoms with Crippen molar-refractivity contribution < 1.29 is 0 Å². The predicted octanol–water partition coefficient (Wildman–Crippen LogP) is 4.13. The van der Waals surface area contributed by atoms with Crippen LogP contribution in [0.25, 0.3) is 0 Å². The summed E-state index contributed by atoms with van der Waals surface area (Å²) in [5.74, 6) is 0. The van der Waals surface area contributed by atoms with E-state index in [0.717, 1.165) is 26.1 Å². The number of hydrogen-bond donors (Lipinski definition) is 1. The van der Waals surface area contributed by atoms with Gasteiger partial charge in [0.2, 0.25) is 0 Å². The van der Waals surface area contributed by atoms with E-state index in [2.05, 4.69) is 59.8 Å². The monoisotopic (exact) mass is 286 g/mol. The van der Waals surface area contributed by atoms with Crippen LogP contribution in [-0.4, -0.2) is 17.5 Å². The summed E-state index contributed by atoms with van der Waals surface area (Å²) >= 11 is 1.85. The third-order valence-electron chi connectivity index (χ3n) is 3.98. The number of rotatable bonds is 5. The highest BCUT2D eigenvalue weighted by atomic mass is 32.1. The largest absolute Gasteiger partial charge is 0.384 e. The van der Waals surface area contributed by atoms with Crippen LogP contribution in [0, 0.1) is 0 Å². The van der Waals surface area contributed by atoms with Gasteiger partial charge >= 0.3 is 0 Å². The Bertz CT molecular complexity index is 560. The first-order valence-electron chi connectivity index (χ1n) is 7.35. The number of fused-ring (bicyclic) bond motifs is 1. The maximum atomic E-state index is 3.55. The summed E-state index contributed by atoms with van der Waals surface area (Å²) in [5, 5.41) is 5.71. The zero-order valence-corrected chi connectivity index (χ0v) is 13.0. The van der Waals surface area contributed by atoms with E-state index >= 15 is 0 Å². The molecule has 1 N–H and O–H groups in total. The van der Waals surface area contributed by atoms with Crippen LogP contribution < -0.4 is 5.32 Å². The lowest BCUT2D eigenvalue weighted by atomic mass is 10.1. The van der Waals surface area contributed by atoms with Crippen LogP contribution in [0.15, 0.2) is 35.7 Å². The molecular weight excluding hydrogens is 264 g/mol. The number of anilines is 1. The fourth-order valence-electron chi connectivity index (χ4n) is 2.79. The second-order valence-corrected chi connectivity index (χ2v) is 6.74. The summed E-state index contributed by atoms with van der Waals surface area (Å²) in [6, 6.07) is 11.6. The van der Waals surface area contributed by atoms with Crippen LogP contribution in [0.5, 0.6) is 0 Å². The molecule has 2 aromatic rings. The minimum Gasteiger partial charge on any atom is -0.384 e. The van der Waals surface area contributed by atoms with Gasteiger partial charge in [-0.3, -0.25) is 4.90 Å². The molecule has 0 unspecified atom stereocenters. The number of benzene rings is 1. The molecule has 0 saturated carbocycles. The molecule has 106 valence electrons. The number of hydrogen-bond acceptors (Lipinski definition) is 3. The highest BCUT2D eigenvalue weighted by Gasteiger charge is 2.17. The van der Waals surface area contributed by atoms with Crippen LogP contribution in [0.4, 0.5) is 5.69 Å². The molecule has 0 atom stereocenters. The smallest absolute Gasteiger partial charge is 0.0419 e. The van der Waals surface area contributed by atoms with Crippen LogP contribution >= 0.6 is 11.3 Å². The number of nitrogens with zero attached hydrogens (tertiary/aromatic N) is 1. The fraction of sp³-hybridized carbons (Fsp3) is 0.412. The van der Waals surface area contributed by atoms with E-state index < -0.39 is 0 Å². The zero-order chi connectivity index (χ0) is 13.9. The molecular formula is C17H22N2S. The summed E-state index contributed by atoms with van der Waals surface area (Å²) in [6.07, 6.45) is 1.16. The minimum atomic E-state index is 0.550. The fourth-order valence-corrected chi connectivity index (χ4v) is 3.51. The first-order chi connectivity index (χ1) is 9.74. The lowest BCUT2D eigenvalue weighted by molar-refractivity contribution is 0.206. The van der Waals surface area contributed by atoms with Gasteiger partial charge in [0.05, 0.1) is 0 Å². The van der Waals surface area contributed by atoms with E-state index in [-0.39, 0.29) is 0 Å². The van der Waals surface area contributed by atoms with Gasteiger partial charge in [0, 0.05) is 36.2 Å². The lowest BCUT2D eigenvalue weighted by Crippen LogP contribution is -2.29. The normalized spacial score (nSPS) is 13.8. The van der Waals surface area contributed by atoms with Gasteiger partial charge in [0.1, 0.15) is 0 Å². The summed E-state index contributed by atoms with van der Waals surface area (Å²) < 4.78 is 0. The van der Waals surface area contributed by atoms with Crippen molar-refractivity contribution in [1.82, 2.24) is 4.90 Å². The van der Waals surface area contributed by atoms with Gasteiger partial charge in [-0.15, -0.1) is 11.3 Å². The second-order valence-electron chi connectivity index (χ2n) is 5.71. The molecule has 0 fully saturated rings. The van der Waals surface area contributed by atoms with Crippen LogP contribution in [0.2, 0.25) is 0 Å². The van der Waals surface area contributed by atoms with Crippen molar-refractivity contribution in [2.75, 3.05) is 11.9 Å². The molecule has 1 aromatic carbocycles. The maximum Gasteiger partial charge on any atom is 0.0419 e. The van der Waals surface area contributed by atoms with Crippen molar-refractivity contribution in [3.8, 4) is 0 Å². The third kappa shape index (κ3) is 2.89. The molecule has 3 rings (SSSR count). The highest BCUT2D eigenvalue weighted by molar-refractivity contribution is 7.09. The van der Waals surface area contributed by atoms with E-state index in [4.69, 9.17) is 0 Å². The summed E-state index contributed by atoms with van der Waals surface area (Å²) in [6.45, 7) is 7.71. The molecule has 0 amide bonds. The highest BCUT2D eigenvalue weighted by Crippen LogP contribution is 2.28. The van der Waals surface area contributed by atoms with Crippen LogP contribution in [0.1, 0.15) is 29.9 Å². The van der Waals surface area contributed by atoms with Gasteiger partial charge in [-0.05, 0) is 42.8 Å². The molecule has 0 saturated heterocycles. The number of para-hydroxylation sites is 1. The molecule has 1 aromatic heterocycles. The van der Waals surface area contributed by atoms with Crippen LogP contribution in [0.3, 0.4) is 0 Å². The van der Waals surface area contributed by atoms with Crippen molar-refractivity contribution in [3.63, 3.8) is 0 Å². The van der Waals surface area contributed by atoms with Gasteiger partial charge in [-0.1, -0.05) is 24.3 Å². The van der Waals surface area contributed by atoms with E-state index in [1.807, 2.05) is 11.3 Å². The van der Waals surface area contributed by atoms with E-state index in [1.165, 1.54) is 21.7 Å². The SMILES string of the molecule is CC(C)N(Cc1cccs1)Cc1cccc2c1NCC2. The Labute approximate surface area is 125 Å². The van der Waals surface area contributed by atoms with Gasteiger partial charge < -0.3 is 5.32 Å². The standard InChI is InChI=1S/C17H22N2S/c1-13(2)19(12-16-7-4-10-20-16)11-15-6-3-5-14-8-9-18-17(14)15/h3-7,10,13,18H,8-9,11-12H2,1-2H3. The molecule has 1 aliphatic rings. The summed E-state index contributed by atoms with van der Waals surface area (Å²) in [7, 11) is 0. The molecule has 3 heteroatoms. The molecule has 0 aliphatic carbocycles. The van der Waals surface area contributed by atoms with Gasteiger partial charge in [0.25, 0.3) is 0 Å². The third-order valence-corrected chi connectivity index (χ3v) is 4.84. The summed E-state index contributed by atoms with van der Waals surface area (Å²) in [5.41, 5.74) is 4.29. The molecule has 1 aliphatic heterocycles. The van der Waals surface area contributed by atoms with Crippen molar-refractivity contribution in [2.24, 2.45) is 0 Å². The Morgan fingerprint density at radius 2 is 2.10 bits per heavy atom. The average molecular weight is 286 g/mol. The predicted molar refractivity (Wildman–Crippen MR) is 87.3 cm³/mol. The second kappa shape index (κ2) is 5.98. The first-order valence-corrected chi connectivity index (χ1v) is 8.23. The Hall–Kier alpha value is -1.32. The Morgan fingerprint density at radius 1 is 1.20 bits per heavy atom. The Kier molecular flexibility index (Phi) is 4.08. The minimum absolute atomic E-state index is 0.550. The average Bonchev–Trinajstić information content (AvgIpc) is 3.08. The van der Waals surface area contributed by atoms with Gasteiger partial charge in [-0.2, -0.15) is 0 Å². The van der Waals surface area contributed by atoms with E-state index in [0.29, 0.717) is 6.04 Å². The van der Waals surface area contributed by atoms with E-state index in [1.54, 1.807) is 0 Å². The lowest BCUT2D eigenvalue weighted by Gasteiger charge is -2.27. The number of nitrogens with one attached hydrogen (secondary N) is 1. The molecule has 2 heterocycles. The Balaban J connectivity index is 1.78. The van der Waals surface area contributed by atoms with Crippen molar-refractivity contribution in [3.05, 3.63) is 51.7 Å². The van der Waals surface area contributed by atoms with Gasteiger partial charge in [0.15, 0.2) is 0 Å². The van der Waals surface area contributed by atoms with Gasteiger partial charge in [-0.25, -0.2) is 0 Å². The van der Waals surface area contributed by atoms with Crippen molar-refractivity contribution in [1.29, 1.82) is 0 Å². The molecule has 0 bridgehead atoms. The zero-order valence-electron chi connectivity index (χ0n) is 12.2. The molecule has 2 nitrogen and oxygen atoms in total. The molecule has 0 spiro atoms.